The van der Waals surface area contributed by atoms with E-state index in [2.05, 4.69) is 14.8 Å². The van der Waals surface area contributed by atoms with Crippen LogP contribution in [0, 0.1) is 12.7 Å². The molecule has 0 saturated carbocycles. The van der Waals surface area contributed by atoms with Crippen LogP contribution in [0.5, 0.6) is 5.75 Å². The van der Waals surface area contributed by atoms with Crippen LogP contribution in [0.4, 0.5) is 18.9 Å². The number of amides is 1. The van der Waals surface area contributed by atoms with E-state index in [0.717, 1.165) is 6.07 Å². The summed E-state index contributed by atoms with van der Waals surface area (Å²) in [5.41, 5.74) is 1.29. The molecule has 0 saturated heterocycles. The van der Waals surface area contributed by atoms with Gasteiger partial charge in [-0.2, -0.15) is 8.78 Å². The summed E-state index contributed by atoms with van der Waals surface area (Å²) in [4.78, 5) is 12.2. The van der Waals surface area contributed by atoms with Gasteiger partial charge in [-0.3, -0.25) is 9.52 Å². The Morgan fingerprint density at radius 2 is 1.75 bits per heavy atom. The lowest BCUT2D eigenvalue weighted by molar-refractivity contribution is -0.0498. The molecule has 6 nitrogen and oxygen atoms in total. The molecule has 0 fully saturated rings. The number of ether oxygens (including phenoxy) is 1. The summed E-state index contributed by atoms with van der Waals surface area (Å²) in [6, 6.07) is 15.1. The number of sulfonamides is 1. The van der Waals surface area contributed by atoms with Crippen LogP contribution in [0.2, 0.25) is 0 Å². The third-order valence-corrected chi connectivity index (χ3v) is 5.81. The van der Waals surface area contributed by atoms with Crippen molar-refractivity contribution in [3.05, 3.63) is 89.2 Å². The number of rotatable bonds is 8. The number of alkyl halides is 2. The highest BCUT2D eigenvalue weighted by atomic mass is 32.2. The van der Waals surface area contributed by atoms with Gasteiger partial charge in [-0.05, 0) is 60.5 Å². The number of anilines is 1. The standard InChI is InChI=1S/C22H19F3N2O4S/c1-14-5-10-19(12-20(14)23)32(29,30)27-17-4-2-3-16(11-17)21(28)26-13-15-6-8-18(9-7-15)31-22(24)25/h2-12,22,27H,13H2,1H3,(H,26,28). The van der Waals surface area contributed by atoms with Crippen LogP contribution >= 0.6 is 0 Å². The van der Waals surface area contributed by atoms with E-state index < -0.39 is 28.4 Å². The maximum Gasteiger partial charge on any atom is 0.387 e. The van der Waals surface area contributed by atoms with Gasteiger partial charge in [0.1, 0.15) is 11.6 Å². The fraction of sp³-hybridized carbons (Fsp3) is 0.136. The van der Waals surface area contributed by atoms with Crippen LogP contribution in [0.1, 0.15) is 21.5 Å². The molecule has 3 rings (SSSR count). The normalized spacial score (nSPS) is 11.3. The van der Waals surface area contributed by atoms with Crippen LogP contribution in [-0.4, -0.2) is 20.9 Å². The van der Waals surface area contributed by atoms with Gasteiger partial charge in [-0.25, -0.2) is 12.8 Å². The molecule has 3 aromatic carbocycles. The van der Waals surface area contributed by atoms with E-state index in [1.807, 2.05) is 0 Å². The van der Waals surface area contributed by atoms with Crippen LogP contribution < -0.4 is 14.8 Å². The van der Waals surface area contributed by atoms with Crippen molar-refractivity contribution < 1.29 is 31.1 Å². The summed E-state index contributed by atoms with van der Waals surface area (Å²) < 4.78 is 69.7. The van der Waals surface area contributed by atoms with Crippen molar-refractivity contribution in [1.29, 1.82) is 0 Å². The lowest BCUT2D eigenvalue weighted by atomic mass is 10.1. The maximum atomic E-state index is 13.7. The van der Waals surface area contributed by atoms with E-state index in [-0.39, 0.29) is 28.4 Å². The Balaban J connectivity index is 1.66. The topological polar surface area (TPSA) is 84.5 Å². The zero-order chi connectivity index (χ0) is 23.3. The number of halogens is 3. The number of carbonyl (C=O) groups is 1. The van der Waals surface area contributed by atoms with E-state index in [1.54, 1.807) is 0 Å². The Kier molecular flexibility index (Phi) is 7.04. The van der Waals surface area contributed by atoms with E-state index in [1.165, 1.54) is 67.6 Å². The lowest BCUT2D eigenvalue weighted by Gasteiger charge is -2.11. The molecule has 2 N–H and O–H groups in total. The Morgan fingerprint density at radius 1 is 1.03 bits per heavy atom. The van der Waals surface area contributed by atoms with Crippen molar-refractivity contribution in [1.82, 2.24) is 5.32 Å². The van der Waals surface area contributed by atoms with Crippen LogP contribution in [-0.2, 0) is 16.6 Å². The molecule has 0 radical (unpaired) electrons. The monoisotopic (exact) mass is 464 g/mol. The Morgan fingerprint density at radius 3 is 2.41 bits per heavy atom. The van der Waals surface area contributed by atoms with E-state index in [0.29, 0.717) is 11.1 Å². The molecule has 168 valence electrons. The smallest absolute Gasteiger partial charge is 0.387 e. The molecule has 0 atom stereocenters. The van der Waals surface area contributed by atoms with Gasteiger partial charge in [0.2, 0.25) is 0 Å². The molecule has 32 heavy (non-hydrogen) atoms. The van der Waals surface area contributed by atoms with Gasteiger partial charge in [0, 0.05) is 17.8 Å². The Hall–Kier alpha value is -3.53. The highest BCUT2D eigenvalue weighted by Gasteiger charge is 2.17. The number of hydrogen-bond acceptors (Lipinski definition) is 4. The first-order chi connectivity index (χ1) is 15.1. The first-order valence-electron chi connectivity index (χ1n) is 9.35. The minimum atomic E-state index is -4.05. The molecule has 0 heterocycles. The summed E-state index contributed by atoms with van der Waals surface area (Å²) in [5.74, 6) is -1.11. The molecular formula is C22H19F3N2O4S. The largest absolute Gasteiger partial charge is 0.435 e. The summed E-state index contributed by atoms with van der Waals surface area (Å²) in [6.45, 7) is -1.28. The summed E-state index contributed by atoms with van der Waals surface area (Å²) in [6.07, 6.45) is 0. The van der Waals surface area contributed by atoms with Crippen LogP contribution in [0.25, 0.3) is 0 Å². The number of benzene rings is 3. The van der Waals surface area contributed by atoms with Gasteiger partial charge in [-0.1, -0.05) is 24.3 Å². The first-order valence-corrected chi connectivity index (χ1v) is 10.8. The molecule has 0 bridgehead atoms. The minimum absolute atomic E-state index is 0.00326. The molecule has 0 aliphatic carbocycles. The fourth-order valence-electron chi connectivity index (χ4n) is 2.75. The lowest BCUT2D eigenvalue weighted by Crippen LogP contribution is -2.23. The summed E-state index contributed by atoms with van der Waals surface area (Å²) in [7, 11) is -4.05. The second-order valence-electron chi connectivity index (χ2n) is 6.80. The maximum absolute atomic E-state index is 13.7. The average Bonchev–Trinajstić information content (AvgIpc) is 2.74. The van der Waals surface area contributed by atoms with Crippen molar-refractivity contribution in [3.63, 3.8) is 0 Å². The number of aryl methyl sites for hydroxylation is 1. The predicted octanol–water partition coefficient (Wildman–Crippen LogP) is 4.47. The van der Waals surface area contributed by atoms with Gasteiger partial charge >= 0.3 is 6.61 Å². The summed E-state index contributed by atoms with van der Waals surface area (Å²) >= 11 is 0. The quantitative estimate of drug-likeness (QED) is 0.515. The van der Waals surface area contributed by atoms with Crippen molar-refractivity contribution in [3.8, 4) is 5.75 Å². The van der Waals surface area contributed by atoms with Gasteiger partial charge < -0.3 is 10.1 Å². The van der Waals surface area contributed by atoms with Crippen molar-refractivity contribution in [2.45, 2.75) is 25.0 Å². The second kappa shape index (κ2) is 9.73. The predicted molar refractivity (Wildman–Crippen MR) is 113 cm³/mol. The molecule has 0 aromatic heterocycles. The van der Waals surface area contributed by atoms with E-state index in [9.17, 15) is 26.4 Å². The van der Waals surface area contributed by atoms with E-state index >= 15 is 0 Å². The van der Waals surface area contributed by atoms with Crippen LogP contribution in [0.15, 0.2) is 71.6 Å². The molecule has 3 aromatic rings. The molecule has 0 unspecified atom stereocenters. The average molecular weight is 464 g/mol. The Bertz CT molecular complexity index is 1220. The summed E-state index contributed by atoms with van der Waals surface area (Å²) in [5, 5.41) is 2.66. The highest BCUT2D eigenvalue weighted by Crippen LogP contribution is 2.20. The minimum Gasteiger partial charge on any atom is -0.435 e. The molecule has 1 amide bonds. The number of hydrogen-bond donors (Lipinski definition) is 2. The molecule has 0 spiro atoms. The fourth-order valence-corrected chi connectivity index (χ4v) is 3.81. The van der Waals surface area contributed by atoms with Gasteiger partial charge in [0.25, 0.3) is 15.9 Å². The van der Waals surface area contributed by atoms with E-state index in [4.69, 9.17) is 0 Å². The third-order valence-electron chi connectivity index (χ3n) is 4.43. The van der Waals surface area contributed by atoms with Crippen molar-refractivity contribution >= 4 is 21.6 Å². The highest BCUT2D eigenvalue weighted by molar-refractivity contribution is 7.92. The van der Waals surface area contributed by atoms with Gasteiger partial charge in [0.05, 0.1) is 4.90 Å². The SMILES string of the molecule is Cc1ccc(S(=O)(=O)Nc2cccc(C(=O)NCc3ccc(OC(F)F)cc3)c2)cc1F. The molecule has 0 aliphatic heterocycles. The second-order valence-corrected chi connectivity index (χ2v) is 8.48. The van der Waals surface area contributed by atoms with Gasteiger partial charge in [0.15, 0.2) is 0 Å². The van der Waals surface area contributed by atoms with Crippen LogP contribution in [0.3, 0.4) is 0 Å². The molecule has 0 aliphatic rings. The zero-order valence-electron chi connectivity index (χ0n) is 16.8. The zero-order valence-corrected chi connectivity index (χ0v) is 17.6. The molecule has 10 heteroatoms. The third kappa shape index (κ3) is 6.01. The number of nitrogens with one attached hydrogen (secondary N) is 2. The first kappa shape index (κ1) is 23.1. The number of carbonyl (C=O) groups excluding carboxylic acids is 1. The van der Waals surface area contributed by atoms with Crippen molar-refractivity contribution in [2.24, 2.45) is 0 Å². The van der Waals surface area contributed by atoms with Gasteiger partial charge in [-0.15, -0.1) is 0 Å². The van der Waals surface area contributed by atoms with Crippen molar-refractivity contribution in [2.75, 3.05) is 4.72 Å². The Labute approximate surface area is 183 Å². The molecular weight excluding hydrogens is 445 g/mol.